The Labute approximate surface area is 154 Å². The fourth-order valence-electron chi connectivity index (χ4n) is 2.67. The Morgan fingerprint density at radius 3 is 2.42 bits per heavy atom. The molecule has 2 N–H and O–H groups in total. The zero-order chi connectivity index (χ0) is 19.5. The molecule has 0 unspecified atom stereocenters. The normalized spacial score (nSPS) is 11.6. The molecule has 0 spiro atoms. The quantitative estimate of drug-likeness (QED) is 0.659. The number of aryl methyl sites for hydroxylation is 3. The van der Waals surface area contributed by atoms with Crippen LogP contribution in [-0.2, 0) is 16.6 Å². The van der Waals surface area contributed by atoms with Gasteiger partial charge in [-0.15, -0.1) is 0 Å². The minimum atomic E-state index is -3.62. The second-order valence-electron chi connectivity index (χ2n) is 6.23. The Bertz CT molecular complexity index is 875. The van der Waals surface area contributed by atoms with Crippen LogP contribution in [-0.4, -0.2) is 55.4 Å². The van der Waals surface area contributed by atoms with Crippen LogP contribution in [0.2, 0.25) is 0 Å². The van der Waals surface area contributed by atoms with Gasteiger partial charge in [-0.25, -0.2) is 18.1 Å². The molecule has 0 aliphatic rings. The first-order valence-electron chi connectivity index (χ1n) is 8.46. The summed E-state index contributed by atoms with van der Waals surface area (Å²) in [5, 5.41) is 7.32. The number of rotatable bonds is 8. The van der Waals surface area contributed by atoms with E-state index in [0.717, 1.165) is 11.5 Å². The summed E-state index contributed by atoms with van der Waals surface area (Å²) in [4.78, 5) is 10.8. The molecule has 2 aromatic rings. The Morgan fingerprint density at radius 2 is 1.85 bits per heavy atom. The van der Waals surface area contributed by atoms with Crippen molar-refractivity contribution in [3.05, 3.63) is 23.1 Å². The predicted octanol–water partition coefficient (Wildman–Crippen LogP) is 1.07. The van der Waals surface area contributed by atoms with Gasteiger partial charge in [0.05, 0.1) is 11.4 Å². The second-order valence-corrected chi connectivity index (χ2v) is 7.93. The van der Waals surface area contributed by atoms with Gasteiger partial charge in [-0.1, -0.05) is 0 Å². The van der Waals surface area contributed by atoms with Crippen LogP contribution in [0, 0.1) is 20.8 Å². The van der Waals surface area contributed by atoms with Gasteiger partial charge in [-0.05, 0) is 27.7 Å². The number of anilines is 2. The average Bonchev–Trinajstić information content (AvgIpc) is 2.85. The first-order chi connectivity index (χ1) is 12.2. The van der Waals surface area contributed by atoms with E-state index in [0.29, 0.717) is 30.4 Å². The molecule has 0 aliphatic heterocycles. The Morgan fingerprint density at radius 1 is 1.15 bits per heavy atom. The third-order valence-electron chi connectivity index (χ3n) is 3.88. The Hall–Kier alpha value is -2.20. The topological polar surface area (TPSA) is 105 Å². The highest BCUT2D eigenvalue weighted by Gasteiger charge is 2.23. The van der Waals surface area contributed by atoms with Crippen molar-refractivity contribution in [3.8, 4) is 0 Å². The predicted molar refractivity (Wildman–Crippen MR) is 102 cm³/mol. The number of nitrogens with one attached hydrogen (secondary N) is 2. The smallest absolute Gasteiger partial charge is 0.244 e. The largest absolute Gasteiger partial charge is 0.363 e. The highest BCUT2D eigenvalue weighted by molar-refractivity contribution is 7.89. The van der Waals surface area contributed by atoms with Crippen molar-refractivity contribution in [2.75, 3.05) is 37.4 Å². The van der Waals surface area contributed by atoms with Crippen molar-refractivity contribution < 1.29 is 8.42 Å². The first-order valence-corrected chi connectivity index (χ1v) is 9.94. The van der Waals surface area contributed by atoms with Gasteiger partial charge in [0.25, 0.3) is 0 Å². The van der Waals surface area contributed by atoms with Gasteiger partial charge in [0.15, 0.2) is 0 Å². The molecule has 10 heteroatoms. The van der Waals surface area contributed by atoms with Crippen LogP contribution in [0.15, 0.2) is 11.0 Å². The van der Waals surface area contributed by atoms with Crippen LogP contribution in [0.3, 0.4) is 0 Å². The lowest BCUT2D eigenvalue weighted by molar-refractivity contribution is 0.580. The van der Waals surface area contributed by atoms with E-state index < -0.39 is 10.0 Å². The molecular weight excluding hydrogens is 354 g/mol. The second kappa shape index (κ2) is 8.00. The molecule has 0 atom stereocenters. The van der Waals surface area contributed by atoms with Gasteiger partial charge >= 0.3 is 0 Å². The van der Waals surface area contributed by atoms with E-state index in [-0.39, 0.29) is 11.4 Å². The van der Waals surface area contributed by atoms with Crippen molar-refractivity contribution in [3.63, 3.8) is 0 Å². The van der Waals surface area contributed by atoms with Crippen molar-refractivity contribution in [2.24, 2.45) is 0 Å². The van der Waals surface area contributed by atoms with E-state index in [1.54, 1.807) is 18.5 Å². The van der Waals surface area contributed by atoms with Crippen LogP contribution in [0.1, 0.15) is 24.0 Å². The standard InChI is InChI=1S/C16H27N7O2S/c1-7-23-13(4)15(12(3)21-23)26(24,25)18-9-8-17-16-19-11(2)10-14(20-16)22(5)6/h10,18H,7-9H2,1-6H3,(H,17,19,20). The summed E-state index contributed by atoms with van der Waals surface area (Å²) in [5.41, 5.74) is 1.98. The molecule has 0 fully saturated rings. The molecule has 9 nitrogen and oxygen atoms in total. The SMILES string of the molecule is CCn1nc(C)c(S(=O)(=O)NCCNc2nc(C)cc(N(C)C)n2)c1C. The summed E-state index contributed by atoms with van der Waals surface area (Å²) < 4.78 is 29.5. The molecule has 0 saturated carbocycles. The van der Waals surface area contributed by atoms with Gasteiger partial charge in [-0.3, -0.25) is 4.68 Å². The highest BCUT2D eigenvalue weighted by Crippen LogP contribution is 2.19. The fourth-order valence-corrected chi connectivity index (χ4v) is 4.11. The van der Waals surface area contributed by atoms with Gasteiger partial charge in [0, 0.05) is 45.5 Å². The van der Waals surface area contributed by atoms with Crippen molar-refractivity contribution in [2.45, 2.75) is 39.1 Å². The molecule has 0 aromatic carbocycles. The molecule has 0 radical (unpaired) electrons. The number of sulfonamides is 1. The molecule has 0 saturated heterocycles. The monoisotopic (exact) mass is 381 g/mol. The Balaban J connectivity index is 2.01. The zero-order valence-corrected chi connectivity index (χ0v) is 17.0. The molecule has 144 valence electrons. The van der Waals surface area contributed by atoms with Crippen LogP contribution in [0.4, 0.5) is 11.8 Å². The van der Waals surface area contributed by atoms with Crippen LogP contribution < -0.4 is 14.9 Å². The molecular formula is C16H27N7O2S. The summed E-state index contributed by atoms with van der Waals surface area (Å²) in [7, 11) is 0.190. The van der Waals surface area contributed by atoms with Crippen molar-refractivity contribution >= 4 is 21.8 Å². The van der Waals surface area contributed by atoms with Crippen LogP contribution in [0.5, 0.6) is 0 Å². The third kappa shape index (κ3) is 4.50. The lowest BCUT2D eigenvalue weighted by Crippen LogP contribution is -2.30. The van der Waals surface area contributed by atoms with Crippen molar-refractivity contribution in [1.82, 2.24) is 24.5 Å². The zero-order valence-electron chi connectivity index (χ0n) is 16.2. The minimum Gasteiger partial charge on any atom is -0.363 e. The third-order valence-corrected chi connectivity index (χ3v) is 5.59. The summed E-state index contributed by atoms with van der Waals surface area (Å²) in [5.74, 6) is 1.26. The highest BCUT2D eigenvalue weighted by atomic mass is 32.2. The fraction of sp³-hybridized carbons (Fsp3) is 0.562. The van der Waals surface area contributed by atoms with E-state index in [2.05, 4.69) is 25.1 Å². The van der Waals surface area contributed by atoms with E-state index in [1.165, 1.54) is 0 Å². The summed E-state index contributed by atoms with van der Waals surface area (Å²) in [6, 6.07) is 1.88. The number of nitrogens with zero attached hydrogens (tertiary/aromatic N) is 5. The average molecular weight is 382 g/mol. The molecule has 2 aromatic heterocycles. The summed E-state index contributed by atoms with van der Waals surface area (Å²) >= 11 is 0. The summed E-state index contributed by atoms with van der Waals surface area (Å²) in [6.45, 7) is 8.50. The van der Waals surface area contributed by atoms with E-state index in [9.17, 15) is 8.42 Å². The van der Waals surface area contributed by atoms with E-state index in [1.807, 2.05) is 38.9 Å². The maximum atomic E-state index is 12.6. The maximum Gasteiger partial charge on any atom is 0.244 e. The number of aromatic nitrogens is 4. The van der Waals surface area contributed by atoms with Gasteiger partial charge in [0.2, 0.25) is 16.0 Å². The van der Waals surface area contributed by atoms with Crippen molar-refractivity contribution in [1.29, 1.82) is 0 Å². The lowest BCUT2D eigenvalue weighted by atomic mass is 10.4. The number of hydrogen-bond acceptors (Lipinski definition) is 7. The van der Waals surface area contributed by atoms with Gasteiger partial charge < -0.3 is 10.2 Å². The first kappa shape index (κ1) is 20.1. The molecule has 2 rings (SSSR count). The van der Waals surface area contributed by atoms with E-state index in [4.69, 9.17) is 0 Å². The van der Waals surface area contributed by atoms with E-state index >= 15 is 0 Å². The number of hydrogen-bond donors (Lipinski definition) is 2. The molecule has 0 bridgehead atoms. The van der Waals surface area contributed by atoms with Gasteiger partial charge in [0.1, 0.15) is 10.7 Å². The van der Waals surface area contributed by atoms with Crippen LogP contribution in [0.25, 0.3) is 0 Å². The maximum absolute atomic E-state index is 12.6. The van der Waals surface area contributed by atoms with Crippen LogP contribution >= 0.6 is 0 Å². The summed E-state index contributed by atoms with van der Waals surface area (Å²) in [6.07, 6.45) is 0. The Kier molecular flexibility index (Phi) is 6.19. The molecule has 2 heterocycles. The van der Waals surface area contributed by atoms with Gasteiger partial charge in [-0.2, -0.15) is 10.1 Å². The molecule has 0 aliphatic carbocycles. The molecule has 26 heavy (non-hydrogen) atoms. The lowest BCUT2D eigenvalue weighted by Gasteiger charge is -2.14. The molecule has 0 amide bonds. The minimum absolute atomic E-state index is 0.215.